The molecule has 0 spiro atoms. The van der Waals surface area contributed by atoms with E-state index in [0.29, 0.717) is 13.2 Å². The summed E-state index contributed by atoms with van der Waals surface area (Å²) in [4.78, 5) is 25.4. The molecule has 9 heteroatoms. The standard InChI is InChI=1S/C26H28F2N2O5/c1-15-5-6-21-16(9-15)12-22(23-19(27)10-17(24(31)32)11-20(23)28)30(21)14-18-13-29(7-8-34-18)25(33)35-26(2,3)4/h5-6,9-12,18H,7-8,13-14H2,1-4H3,(H,31,32). The number of nitrogens with zero attached hydrogens (tertiary/aromatic N) is 2. The monoisotopic (exact) mass is 486 g/mol. The van der Waals surface area contributed by atoms with Gasteiger partial charge in [0.15, 0.2) is 0 Å². The van der Waals surface area contributed by atoms with Gasteiger partial charge in [-0.25, -0.2) is 18.4 Å². The van der Waals surface area contributed by atoms with E-state index in [1.165, 1.54) is 0 Å². The fourth-order valence-electron chi connectivity index (χ4n) is 4.26. The second-order valence-corrected chi connectivity index (χ2v) is 9.74. The third kappa shape index (κ3) is 5.30. The Labute approximate surface area is 201 Å². The number of rotatable bonds is 4. The summed E-state index contributed by atoms with van der Waals surface area (Å²) in [7, 11) is 0. The van der Waals surface area contributed by atoms with Crippen LogP contribution in [0.4, 0.5) is 13.6 Å². The molecule has 7 nitrogen and oxygen atoms in total. The number of aromatic carboxylic acids is 1. The van der Waals surface area contributed by atoms with Gasteiger partial charge in [0.1, 0.15) is 17.2 Å². The maximum absolute atomic E-state index is 15.0. The molecule has 1 aromatic heterocycles. The molecule has 0 radical (unpaired) electrons. The van der Waals surface area contributed by atoms with Gasteiger partial charge in [0, 0.05) is 17.4 Å². The summed E-state index contributed by atoms with van der Waals surface area (Å²) in [6.07, 6.45) is -0.892. The van der Waals surface area contributed by atoms with E-state index in [0.717, 1.165) is 28.6 Å². The molecular weight excluding hydrogens is 458 g/mol. The average Bonchev–Trinajstić information content (AvgIpc) is 3.09. The number of amides is 1. The number of hydrogen-bond acceptors (Lipinski definition) is 4. The summed E-state index contributed by atoms with van der Waals surface area (Å²) in [5.41, 5.74) is 0.562. The van der Waals surface area contributed by atoms with Crippen LogP contribution in [0.15, 0.2) is 36.4 Å². The Morgan fingerprint density at radius 3 is 2.46 bits per heavy atom. The molecule has 35 heavy (non-hydrogen) atoms. The molecule has 1 N–H and O–H groups in total. The number of aryl methyl sites for hydroxylation is 1. The fraction of sp³-hybridized carbons (Fsp3) is 0.385. The van der Waals surface area contributed by atoms with Crippen LogP contribution in [0.3, 0.4) is 0 Å². The van der Waals surface area contributed by atoms with Crippen LogP contribution in [0.1, 0.15) is 36.7 Å². The van der Waals surface area contributed by atoms with E-state index in [4.69, 9.17) is 14.6 Å². The highest BCUT2D eigenvalue weighted by molar-refractivity contribution is 5.90. The van der Waals surface area contributed by atoms with Crippen LogP contribution in [0.2, 0.25) is 0 Å². The van der Waals surface area contributed by atoms with Crippen molar-refractivity contribution in [3.8, 4) is 11.3 Å². The molecule has 1 aliphatic rings. The lowest BCUT2D eigenvalue weighted by Gasteiger charge is -2.34. The Morgan fingerprint density at radius 2 is 1.83 bits per heavy atom. The minimum atomic E-state index is -1.41. The molecule has 2 aromatic carbocycles. The van der Waals surface area contributed by atoms with E-state index >= 15 is 8.78 Å². The SMILES string of the molecule is Cc1ccc2c(c1)cc(-c1c(F)cc(C(=O)O)cc1F)n2CC1CN(C(=O)OC(C)(C)C)CCO1. The molecule has 3 aromatic rings. The van der Waals surface area contributed by atoms with Gasteiger partial charge in [0.2, 0.25) is 0 Å². The van der Waals surface area contributed by atoms with Crippen molar-refractivity contribution in [3.05, 3.63) is 59.2 Å². The zero-order chi connectivity index (χ0) is 25.5. The number of morpholine rings is 1. The van der Waals surface area contributed by atoms with Crippen LogP contribution >= 0.6 is 0 Å². The summed E-state index contributed by atoms with van der Waals surface area (Å²) >= 11 is 0. The molecule has 1 saturated heterocycles. The zero-order valence-electron chi connectivity index (χ0n) is 20.1. The van der Waals surface area contributed by atoms with Crippen LogP contribution in [-0.2, 0) is 16.0 Å². The van der Waals surface area contributed by atoms with Crippen molar-refractivity contribution >= 4 is 23.0 Å². The molecule has 1 aliphatic heterocycles. The summed E-state index contributed by atoms with van der Waals surface area (Å²) in [5.74, 6) is -3.35. The quantitative estimate of drug-likeness (QED) is 0.546. The first-order valence-electron chi connectivity index (χ1n) is 11.3. The second kappa shape index (κ2) is 9.30. The average molecular weight is 487 g/mol. The third-order valence-corrected chi connectivity index (χ3v) is 5.78. The van der Waals surface area contributed by atoms with Crippen LogP contribution < -0.4 is 0 Å². The number of benzene rings is 2. The predicted octanol–water partition coefficient (Wildman–Crippen LogP) is 5.23. The number of carboxylic acids is 1. The summed E-state index contributed by atoms with van der Waals surface area (Å²) < 4.78 is 43.2. The first-order chi connectivity index (χ1) is 16.4. The Kier molecular flexibility index (Phi) is 6.55. The number of carbonyl (C=O) groups excluding carboxylic acids is 1. The lowest BCUT2D eigenvalue weighted by atomic mass is 10.1. The van der Waals surface area contributed by atoms with Gasteiger partial charge < -0.3 is 24.0 Å². The largest absolute Gasteiger partial charge is 0.478 e. The fourth-order valence-corrected chi connectivity index (χ4v) is 4.26. The maximum Gasteiger partial charge on any atom is 0.410 e. The van der Waals surface area contributed by atoms with Gasteiger partial charge in [-0.15, -0.1) is 0 Å². The van der Waals surface area contributed by atoms with Crippen LogP contribution in [0.25, 0.3) is 22.2 Å². The maximum atomic E-state index is 15.0. The zero-order valence-corrected chi connectivity index (χ0v) is 20.1. The Balaban J connectivity index is 1.72. The van der Waals surface area contributed by atoms with E-state index < -0.39 is 41.0 Å². The highest BCUT2D eigenvalue weighted by atomic mass is 19.1. The normalized spacial score (nSPS) is 16.5. The highest BCUT2D eigenvalue weighted by Crippen LogP contribution is 2.34. The summed E-state index contributed by atoms with van der Waals surface area (Å²) in [5, 5.41) is 9.93. The predicted molar refractivity (Wildman–Crippen MR) is 127 cm³/mol. The minimum absolute atomic E-state index is 0.223. The van der Waals surface area contributed by atoms with Gasteiger partial charge >= 0.3 is 12.1 Å². The van der Waals surface area contributed by atoms with Crippen LogP contribution in [-0.4, -0.2) is 58.0 Å². The Hall–Kier alpha value is -3.46. The van der Waals surface area contributed by atoms with Gasteiger partial charge in [0.25, 0.3) is 0 Å². The molecule has 1 fully saturated rings. The minimum Gasteiger partial charge on any atom is -0.478 e. The number of aromatic nitrogens is 1. The van der Waals surface area contributed by atoms with Crippen LogP contribution in [0, 0.1) is 18.6 Å². The van der Waals surface area contributed by atoms with Crippen molar-refractivity contribution in [2.75, 3.05) is 19.7 Å². The van der Waals surface area contributed by atoms with Gasteiger partial charge in [-0.1, -0.05) is 11.6 Å². The van der Waals surface area contributed by atoms with Crippen molar-refractivity contribution in [2.45, 2.75) is 45.9 Å². The number of hydrogen-bond donors (Lipinski definition) is 1. The van der Waals surface area contributed by atoms with E-state index in [1.807, 2.05) is 25.1 Å². The highest BCUT2D eigenvalue weighted by Gasteiger charge is 2.30. The molecule has 186 valence electrons. The number of halogens is 2. The first-order valence-corrected chi connectivity index (χ1v) is 11.3. The van der Waals surface area contributed by atoms with E-state index in [-0.39, 0.29) is 24.3 Å². The molecule has 0 aliphatic carbocycles. The van der Waals surface area contributed by atoms with Crippen molar-refractivity contribution in [1.29, 1.82) is 0 Å². The van der Waals surface area contributed by atoms with E-state index in [2.05, 4.69) is 0 Å². The number of ether oxygens (including phenoxy) is 2. The van der Waals surface area contributed by atoms with Crippen molar-refractivity contribution in [2.24, 2.45) is 0 Å². The van der Waals surface area contributed by atoms with Gasteiger partial charge in [-0.3, -0.25) is 0 Å². The molecule has 4 rings (SSSR count). The number of fused-ring (bicyclic) bond motifs is 1. The molecule has 1 amide bonds. The number of carbonyl (C=O) groups is 2. The number of carboxylic acid groups (broad SMARTS) is 1. The Bertz CT molecular complexity index is 1270. The van der Waals surface area contributed by atoms with Crippen molar-refractivity contribution in [1.82, 2.24) is 9.47 Å². The molecule has 1 unspecified atom stereocenters. The first kappa shape index (κ1) is 24.7. The molecular formula is C26H28F2N2O5. The van der Waals surface area contributed by atoms with E-state index in [9.17, 15) is 9.59 Å². The van der Waals surface area contributed by atoms with Crippen molar-refractivity contribution in [3.63, 3.8) is 0 Å². The third-order valence-electron chi connectivity index (χ3n) is 5.78. The van der Waals surface area contributed by atoms with Gasteiger partial charge in [-0.2, -0.15) is 0 Å². The topological polar surface area (TPSA) is 81.0 Å². The van der Waals surface area contributed by atoms with E-state index in [1.54, 1.807) is 36.3 Å². The lowest BCUT2D eigenvalue weighted by molar-refractivity contribution is -0.0467. The summed E-state index contributed by atoms with van der Waals surface area (Å²) in [6.45, 7) is 8.45. The second-order valence-electron chi connectivity index (χ2n) is 9.74. The summed E-state index contributed by atoms with van der Waals surface area (Å²) in [6, 6.07) is 8.98. The lowest BCUT2D eigenvalue weighted by Crippen LogP contribution is -2.48. The smallest absolute Gasteiger partial charge is 0.410 e. The molecule has 2 heterocycles. The molecule has 0 saturated carbocycles. The Morgan fingerprint density at radius 1 is 1.14 bits per heavy atom. The van der Waals surface area contributed by atoms with Crippen LogP contribution in [0.5, 0.6) is 0 Å². The van der Waals surface area contributed by atoms with Gasteiger partial charge in [0.05, 0.1) is 42.6 Å². The molecule has 0 bridgehead atoms. The van der Waals surface area contributed by atoms with Crippen molar-refractivity contribution < 1.29 is 33.0 Å². The molecule has 1 atom stereocenters. The van der Waals surface area contributed by atoms with Gasteiger partial charge in [-0.05, 0) is 58.0 Å².